The highest BCUT2D eigenvalue weighted by molar-refractivity contribution is 6.31. The van der Waals surface area contributed by atoms with Crippen LogP contribution in [0.4, 0.5) is 0 Å². The van der Waals surface area contributed by atoms with Crippen molar-refractivity contribution in [1.29, 1.82) is 0 Å². The Morgan fingerprint density at radius 1 is 1.20 bits per heavy atom. The van der Waals surface area contributed by atoms with Gasteiger partial charge in [0.15, 0.2) is 0 Å². The first kappa shape index (κ1) is 10.5. The predicted octanol–water partition coefficient (Wildman–Crippen LogP) is 2.67. The van der Waals surface area contributed by atoms with Crippen LogP contribution in [0.2, 0.25) is 10.2 Å². The number of aromatic nitrogens is 2. The normalized spacial score (nSPS) is 10.6. The summed E-state index contributed by atoms with van der Waals surface area (Å²) in [6.45, 7) is -0.119. The maximum absolute atomic E-state index is 8.96. The Kier molecular flexibility index (Phi) is 2.95. The van der Waals surface area contributed by atoms with E-state index >= 15 is 0 Å². The Hall–Kier alpha value is -1.03. The zero-order valence-corrected chi connectivity index (χ0v) is 9.20. The lowest BCUT2D eigenvalue weighted by Gasteiger charge is -2.03. The summed E-state index contributed by atoms with van der Waals surface area (Å²) in [4.78, 5) is 0. The maximum atomic E-state index is 8.96. The Morgan fingerprint density at radius 3 is 2.40 bits per heavy atom. The van der Waals surface area contributed by atoms with Gasteiger partial charge in [0.1, 0.15) is 5.15 Å². The fourth-order valence-corrected chi connectivity index (χ4v) is 1.61. The van der Waals surface area contributed by atoms with Crippen molar-refractivity contribution in [1.82, 2.24) is 9.78 Å². The third kappa shape index (κ3) is 2.00. The lowest BCUT2D eigenvalue weighted by atomic mass is 10.3. The molecule has 0 unspecified atom stereocenters. The summed E-state index contributed by atoms with van der Waals surface area (Å²) in [6.07, 6.45) is 1.54. The minimum Gasteiger partial charge on any atom is -0.392 e. The highest BCUT2D eigenvalue weighted by atomic mass is 35.5. The molecule has 2 aromatic rings. The van der Waals surface area contributed by atoms with Crippen LogP contribution in [0.1, 0.15) is 5.56 Å². The first-order valence-electron chi connectivity index (χ1n) is 4.31. The molecule has 0 amide bonds. The molecule has 0 fully saturated rings. The van der Waals surface area contributed by atoms with E-state index < -0.39 is 0 Å². The van der Waals surface area contributed by atoms with Gasteiger partial charge in [-0.3, -0.25) is 0 Å². The van der Waals surface area contributed by atoms with Crippen molar-refractivity contribution in [3.63, 3.8) is 0 Å². The summed E-state index contributed by atoms with van der Waals surface area (Å²) in [5, 5.41) is 14.1. The van der Waals surface area contributed by atoms with Crippen LogP contribution in [-0.2, 0) is 6.61 Å². The number of hydrogen-bond donors (Lipinski definition) is 1. The second-order valence-electron chi connectivity index (χ2n) is 3.01. The first-order valence-corrected chi connectivity index (χ1v) is 5.07. The summed E-state index contributed by atoms with van der Waals surface area (Å²) in [7, 11) is 0. The molecule has 1 aromatic carbocycles. The average molecular weight is 243 g/mol. The topological polar surface area (TPSA) is 38.1 Å². The van der Waals surface area contributed by atoms with Crippen molar-refractivity contribution in [2.24, 2.45) is 0 Å². The lowest BCUT2D eigenvalue weighted by Crippen LogP contribution is -1.95. The van der Waals surface area contributed by atoms with Crippen LogP contribution in [0.25, 0.3) is 5.69 Å². The van der Waals surface area contributed by atoms with Crippen LogP contribution >= 0.6 is 23.2 Å². The molecule has 15 heavy (non-hydrogen) atoms. The van der Waals surface area contributed by atoms with E-state index in [9.17, 15) is 0 Å². The van der Waals surface area contributed by atoms with Crippen molar-refractivity contribution in [2.75, 3.05) is 0 Å². The molecule has 0 bridgehead atoms. The summed E-state index contributed by atoms with van der Waals surface area (Å²) >= 11 is 11.8. The number of benzene rings is 1. The van der Waals surface area contributed by atoms with Crippen molar-refractivity contribution in [2.45, 2.75) is 6.61 Å². The molecule has 5 heteroatoms. The smallest absolute Gasteiger partial charge is 0.138 e. The minimum atomic E-state index is -0.119. The fraction of sp³-hybridized carbons (Fsp3) is 0.100. The molecule has 1 heterocycles. The van der Waals surface area contributed by atoms with Crippen LogP contribution in [0.3, 0.4) is 0 Å². The second kappa shape index (κ2) is 4.23. The molecule has 0 radical (unpaired) electrons. The number of halogens is 2. The SMILES string of the molecule is OCc1cnn(-c2ccc(Cl)cc2)c1Cl. The van der Waals surface area contributed by atoms with Crippen molar-refractivity contribution in [3.05, 3.63) is 46.2 Å². The van der Waals surface area contributed by atoms with E-state index in [2.05, 4.69) is 5.10 Å². The molecule has 0 atom stereocenters. The van der Waals surface area contributed by atoms with E-state index in [1.54, 1.807) is 16.8 Å². The zero-order valence-electron chi connectivity index (χ0n) is 7.69. The van der Waals surface area contributed by atoms with E-state index in [-0.39, 0.29) is 6.61 Å². The van der Waals surface area contributed by atoms with Crippen LogP contribution in [0.15, 0.2) is 30.5 Å². The Bertz CT molecular complexity index is 465. The Morgan fingerprint density at radius 2 is 1.87 bits per heavy atom. The molecular formula is C10H8Cl2N2O. The molecule has 0 saturated carbocycles. The van der Waals surface area contributed by atoms with E-state index in [0.29, 0.717) is 15.7 Å². The molecule has 1 aromatic heterocycles. The third-order valence-corrected chi connectivity index (χ3v) is 2.68. The number of rotatable bonds is 2. The molecular weight excluding hydrogens is 235 g/mol. The molecule has 1 N–H and O–H groups in total. The molecule has 3 nitrogen and oxygen atoms in total. The molecule has 0 spiro atoms. The van der Waals surface area contributed by atoms with Gasteiger partial charge >= 0.3 is 0 Å². The van der Waals surface area contributed by atoms with Crippen molar-refractivity contribution >= 4 is 23.2 Å². The maximum Gasteiger partial charge on any atom is 0.138 e. The van der Waals surface area contributed by atoms with Crippen LogP contribution in [-0.4, -0.2) is 14.9 Å². The van der Waals surface area contributed by atoms with Crippen molar-refractivity contribution < 1.29 is 5.11 Å². The van der Waals surface area contributed by atoms with E-state index in [4.69, 9.17) is 28.3 Å². The van der Waals surface area contributed by atoms with Gasteiger partial charge in [-0.05, 0) is 24.3 Å². The largest absolute Gasteiger partial charge is 0.392 e. The van der Waals surface area contributed by atoms with Gasteiger partial charge in [-0.25, -0.2) is 4.68 Å². The van der Waals surface area contributed by atoms with Gasteiger partial charge in [0, 0.05) is 10.6 Å². The van der Waals surface area contributed by atoms with E-state index in [0.717, 1.165) is 5.69 Å². The summed E-state index contributed by atoms with van der Waals surface area (Å²) in [6, 6.07) is 7.13. The highest BCUT2D eigenvalue weighted by Crippen LogP contribution is 2.21. The van der Waals surface area contributed by atoms with Crippen LogP contribution in [0, 0.1) is 0 Å². The van der Waals surface area contributed by atoms with Crippen LogP contribution in [0.5, 0.6) is 0 Å². The van der Waals surface area contributed by atoms with Gasteiger partial charge in [0.05, 0.1) is 18.5 Å². The second-order valence-corrected chi connectivity index (χ2v) is 3.80. The molecule has 0 aliphatic carbocycles. The molecule has 78 valence electrons. The number of aliphatic hydroxyl groups is 1. The lowest BCUT2D eigenvalue weighted by molar-refractivity contribution is 0.282. The first-order chi connectivity index (χ1) is 7.22. The third-order valence-electron chi connectivity index (χ3n) is 2.02. The Balaban J connectivity index is 2.45. The van der Waals surface area contributed by atoms with Gasteiger partial charge in [-0.1, -0.05) is 23.2 Å². The monoisotopic (exact) mass is 242 g/mol. The molecule has 0 aliphatic rings. The highest BCUT2D eigenvalue weighted by Gasteiger charge is 2.08. The van der Waals surface area contributed by atoms with Crippen LogP contribution < -0.4 is 0 Å². The summed E-state index contributed by atoms with van der Waals surface area (Å²) < 4.78 is 1.55. The van der Waals surface area contributed by atoms with E-state index in [1.807, 2.05) is 12.1 Å². The van der Waals surface area contributed by atoms with E-state index in [1.165, 1.54) is 6.20 Å². The molecule has 2 rings (SSSR count). The Labute approximate surface area is 96.9 Å². The zero-order chi connectivity index (χ0) is 10.8. The van der Waals surface area contributed by atoms with Gasteiger partial charge in [0.2, 0.25) is 0 Å². The molecule has 0 saturated heterocycles. The van der Waals surface area contributed by atoms with Gasteiger partial charge < -0.3 is 5.11 Å². The standard InChI is InChI=1S/C10H8Cl2N2O/c11-8-1-3-9(4-2-8)14-10(12)7(6-15)5-13-14/h1-5,15H,6H2. The van der Waals surface area contributed by atoms with Crippen molar-refractivity contribution in [3.8, 4) is 5.69 Å². The molecule has 0 aliphatic heterocycles. The minimum absolute atomic E-state index is 0.119. The summed E-state index contributed by atoms with van der Waals surface area (Å²) in [5.41, 5.74) is 1.41. The fourth-order valence-electron chi connectivity index (χ4n) is 1.24. The number of aliphatic hydroxyl groups excluding tert-OH is 1. The van der Waals surface area contributed by atoms with Gasteiger partial charge in [-0.2, -0.15) is 5.10 Å². The van der Waals surface area contributed by atoms with Gasteiger partial charge in [-0.15, -0.1) is 0 Å². The average Bonchev–Trinajstić information content (AvgIpc) is 2.61. The number of nitrogens with zero attached hydrogens (tertiary/aromatic N) is 2. The predicted molar refractivity (Wildman–Crippen MR) is 59.5 cm³/mol. The quantitative estimate of drug-likeness (QED) is 0.880. The number of hydrogen-bond acceptors (Lipinski definition) is 2. The van der Waals surface area contributed by atoms with Gasteiger partial charge in [0.25, 0.3) is 0 Å². The summed E-state index contributed by atoms with van der Waals surface area (Å²) in [5.74, 6) is 0.